The number of ether oxygens (including phenoxy) is 2. The van der Waals surface area contributed by atoms with Crippen LogP contribution in [0.5, 0.6) is 0 Å². The van der Waals surface area contributed by atoms with Gasteiger partial charge in [0, 0.05) is 29.6 Å². The van der Waals surface area contributed by atoms with Gasteiger partial charge < -0.3 is 14.3 Å². The van der Waals surface area contributed by atoms with Gasteiger partial charge in [0.05, 0.1) is 13.2 Å². The maximum absolute atomic E-state index is 10.7. The van der Waals surface area contributed by atoms with Crippen LogP contribution < -0.4 is 0 Å². The molecule has 0 amide bonds. The molecule has 0 N–H and O–H groups in total. The molecule has 0 unspecified atom stereocenters. The van der Waals surface area contributed by atoms with Gasteiger partial charge in [0.25, 0.3) is 0 Å². The molecule has 0 aromatic carbocycles. The van der Waals surface area contributed by atoms with Crippen molar-refractivity contribution in [1.82, 2.24) is 0 Å². The smallest absolute Gasteiger partial charge is 0.305 e. The second-order valence-corrected chi connectivity index (χ2v) is 4.52. The summed E-state index contributed by atoms with van der Waals surface area (Å²) in [5.41, 5.74) is 0. The topological polar surface area (TPSA) is 69.7 Å². The van der Waals surface area contributed by atoms with E-state index in [0.29, 0.717) is 26.1 Å². The van der Waals surface area contributed by atoms with Gasteiger partial charge in [-0.2, -0.15) is 0 Å². The minimum absolute atomic E-state index is 0. The molecule has 5 nitrogen and oxygen atoms in total. The van der Waals surface area contributed by atoms with Crippen molar-refractivity contribution in [3.05, 3.63) is 0 Å². The van der Waals surface area contributed by atoms with Crippen LogP contribution in [0.1, 0.15) is 79.1 Å². The molecule has 0 heterocycles. The number of rotatable bonds is 10. The first-order valence-electron chi connectivity index (χ1n) is 8.22. The monoisotopic (exact) mass is 377 g/mol. The molecule has 0 bridgehead atoms. The van der Waals surface area contributed by atoms with Crippen LogP contribution in [0, 0.1) is 0 Å². The quantitative estimate of drug-likeness (QED) is 0.424. The van der Waals surface area contributed by atoms with Gasteiger partial charge in [-0.15, -0.1) is 0 Å². The molecule has 0 rings (SSSR count). The molecule has 23 heavy (non-hydrogen) atoms. The number of hydrogen-bond donors (Lipinski definition) is 0. The predicted octanol–water partition coefficient (Wildman–Crippen LogP) is 4.07. The van der Waals surface area contributed by atoms with Gasteiger partial charge in [-0.1, -0.05) is 39.5 Å². The second-order valence-electron chi connectivity index (χ2n) is 4.52. The minimum atomic E-state index is -0.0593. The van der Waals surface area contributed by atoms with E-state index in [4.69, 9.17) is 14.3 Å². The standard InChI is InChI=1S/2C8H16O2.CH2O.Co/c2*1-3-5-6-7-8(9)10-4-2;1-2;/h2*3-7H2,1-2H3;1H2;. The summed E-state index contributed by atoms with van der Waals surface area (Å²) in [5.74, 6) is -0.119. The molecule has 6 heteroatoms. The van der Waals surface area contributed by atoms with Crippen LogP contribution in [0.15, 0.2) is 0 Å². The SMILES string of the molecule is C=O.CCCCCC(=O)OCC.CCCCCC(=O)OCC.[Co]. The Labute approximate surface area is 152 Å². The third-order valence-corrected chi connectivity index (χ3v) is 2.58. The normalized spacial score (nSPS) is 8.35. The van der Waals surface area contributed by atoms with E-state index in [2.05, 4.69) is 13.8 Å². The Morgan fingerprint density at radius 2 is 1.00 bits per heavy atom. The average Bonchev–Trinajstić information content (AvgIpc) is 2.51. The van der Waals surface area contributed by atoms with Crippen LogP contribution in [0.4, 0.5) is 0 Å². The molecule has 0 aliphatic heterocycles. The van der Waals surface area contributed by atoms with Crippen molar-refractivity contribution >= 4 is 18.7 Å². The average molecular weight is 377 g/mol. The molecule has 0 saturated carbocycles. The van der Waals surface area contributed by atoms with Crippen molar-refractivity contribution in [2.24, 2.45) is 0 Å². The molecule has 0 atom stereocenters. The summed E-state index contributed by atoms with van der Waals surface area (Å²) in [7, 11) is 0. The first-order valence-corrected chi connectivity index (χ1v) is 8.22. The van der Waals surface area contributed by atoms with Crippen LogP contribution in [0.25, 0.3) is 0 Å². The number of carbonyl (C=O) groups is 3. The van der Waals surface area contributed by atoms with Crippen LogP contribution in [-0.4, -0.2) is 31.9 Å². The van der Waals surface area contributed by atoms with Gasteiger partial charge in [0.2, 0.25) is 0 Å². The Morgan fingerprint density at radius 3 is 1.22 bits per heavy atom. The molecule has 0 spiro atoms. The largest absolute Gasteiger partial charge is 0.466 e. The summed E-state index contributed by atoms with van der Waals surface area (Å²) in [6.07, 6.45) is 7.66. The third kappa shape index (κ3) is 33.8. The van der Waals surface area contributed by atoms with Gasteiger partial charge in [-0.05, 0) is 26.7 Å². The van der Waals surface area contributed by atoms with Crippen LogP contribution in [0.3, 0.4) is 0 Å². The van der Waals surface area contributed by atoms with Crippen molar-refractivity contribution in [2.45, 2.75) is 79.1 Å². The number of hydrogen-bond acceptors (Lipinski definition) is 5. The summed E-state index contributed by atoms with van der Waals surface area (Å²) in [5, 5.41) is 0. The third-order valence-electron chi connectivity index (χ3n) is 2.58. The molecular formula is C17H34CoO5. The molecule has 0 aromatic heterocycles. The van der Waals surface area contributed by atoms with E-state index in [-0.39, 0.29) is 28.7 Å². The van der Waals surface area contributed by atoms with E-state index in [0.717, 1.165) is 38.5 Å². The Balaban J connectivity index is -0.000000136. The Kier molecular flexibility index (Phi) is 38.1. The molecule has 0 aliphatic carbocycles. The van der Waals surface area contributed by atoms with Gasteiger partial charge in [0.1, 0.15) is 6.79 Å². The van der Waals surface area contributed by atoms with E-state index in [1.54, 1.807) is 0 Å². The van der Waals surface area contributed by atoms with Gasteiger partial charge in [-0.25, -0.2) is 0 Å². The Morgan fingerprint density at radius 1 is 0.696 bits per heavy atom. The summed E-state index contributed by atoms with van der Waals surface area (Å²) < 4.78 is 9.50. The van der Waals surface area contributed by atoms with Gasteiger partial charge in [0.15, 0.2) is 0 Å². The minimum Gasteiger partial charge on any atom is -0.466 e. The van der Waals surface area contributed by atoms with Gasteiger partial charge >= 0.3 is 11.9 Å². The molecule has 141 valence electrons. The zero-order valence-corrected chi connectivity index (χ0v) is 16.2. The number of carbonyl (C=O) groups excluding carboxylic acids is 3. The van der Waals surface area contributed by atoms with Crippen molar-refractivity contribution in [3.8, 4) is 0 Å². The van der Waals surface area contributed by atoms with Crippen molar-refractivity contribution in [3.63, 3.8) is 0 Å². The Hall–Kier alpha value is -0.884. The molecule has 0 saturated heterocycles. The summed E-state index contributed by atoms with van der Waals surface area (Å²) in [6, 6.07) is 0. The van der Waals surface area contributed by atoms with E-state index in [9.17, 15) is 9.59 Å². The maximum Gasteiger partial charge on any atom is 0.305 e. The van der Waals surface area contributed by atoms with Crippen LogP contribution in [0.2, 0.25) is 0 Å². The summed E-state index contributed by atoms with van der Waals surface area (Å²) >= 11 is 0. The molecular weight excluding hydrogens is 343 g/mol. The second kappa shape index (κ2) is 29.2. The van der Waals surface area contributed by atoms with Crippen LogP contribution in [-0.2, 0) is 40.6 Å². The fraction of sp³-hybridized carbons (Fsp3) is 0.824. The summed E-state index contributed by atoms with van der Waals surface area (Å²) in [6.45, 7) is 10.9. The molecule has 0 aliphatic rings. The van der Waals surface area contributed by atoms with E-state index in [1.807, 2.05) is 20.6 Å². The van der Waals surface area contributed by atoms with Crippen molar-refractivity contribution in [2.75, 3.05) is 13.2 Å². The fourth-order valence-corrected chi connectivity index (χ4v) is 1.50. The Bertz CT molecular complexity index is 223. The maximum atomic E-state index is 10.7. The van der Waals surface area contributed by atoms with Crippen LogP contribution >= 0.6 is 0 Å². The van der Waals surface area contributed by atoms with Gasteiger partial charge in [-0.3, -0.25) is 9.59 Å². The zero-order chi connectivity index (χ0) is 17.6. The van der Waals surface area contributed by atoms with E-state index >= 15 is 0 Å². The predicted molar refractivity (Wildman–Crippen MR) is 88.7 cm³/mol. The van der Waals surface area contributed by atoms with E-state index < -0.39 is 0 Å². The molecule has 0 fully saturated rings. The zero-order valence-electron chi connectivity index (χ0n) is 15.2. The molecule has 1 radical (unpaired) electrons. The number of unbranched alkanes of at least 4 members (excludes halogenated alkanes) is 4. The first-order chi connectivity index (χ1) is 10.6. The first kappa shape index (κ1) is 30.0. The van der Waals surface area contributed by atoms with Crippen molar-refractivity contribution in [1.29, 1.82) is 0 Å². The molecule has 0 aromatic rings. The summed E-state index contributed by atoms with van der Waals surface area (Å²) in [4.78, 5) is 29.4. The van der Waals surface area contributed by atoms with Crippen molar-refractivity contribution < 1.29 is 40.6 Å². The number of esters is 2. The van der Waals surface area contributed by atoms with E-state index in [1.165, 1.54) is 0 Å². The fourth-order valence-electron chi connectivity index (χ4n) is 1.50.